The zero-order valence-electron chi connectivity index (χ0n) is 14.5. The molecule has 1 saturated heterocycles. The van der Waals surface area contributed by atoms with Crippen molar-refractivity contribution in [2.75, 3.05) is 13.7 Å². The largest absolute Gasteiger partial charge is 0.377 e. The third kappa shape index (κ3) is 3.88. The number of carbonyl (C=O) groups excluding carboxylic acids is 2. The zero-order chi connectivity index (χ0) is 18.7. The summed E-state index contributed by atoms with van der Waals surface area (Å²) in [5.74, 6) is -0.219. The van der Waals surface area contributed by atoms with Gasteiger partial charge in [0.05, 0.1) is 0 Å². The van der Waals surface area contributed by atoms with Crippen molar-refractivity contribution in [3.8, 4) is 0 Å². The average Bonchev–Trinajstić information content (AvgIpc) is 3.04. The molecule has 2 aromatic rings. The van der Waals surface area contributed by atoms with Crippen molar-refractivity contribution in [3.63, 3.8) is 0 Å². The molecule has 26 heavy (non-hydrogen) atoms. The molecule has 1 fully saturated rings. The quantitative estimate of drug-likeness (QED) is 0.765. The molecule has 8 nitrogen and oxygen atoms in total. The van der Waals surface area contributed by atoms with E-state index in [9.17, 15) is 14.0 Å². The molecule has 0 saturated carbocycles. The molecule has 2 heterocycles. The second-order valence-electron chi connectivity index (χ2n) is 6.06. The van der Waals surface area contributed by atoms with E-state index in [1.54, 1.807) is 19.1 Å². The molecule has 0 radical (unpaired) electrons. The van der Waals surface area contributed by atoms with E-state index in [0.29, 0.717) is 11.4 Å². The zero-order valence-corrected chi connectivity index (χ0v) is 14.5. The Morgan fingerprint density at radius 3 is 2.88 bits per heavy atom. The molecule has 1 atom stereocenters. The van der Waals surface area contributed by atoms with Crippen LogP contribution in [0.5, 0.6) is 0 Å². The van der Waals surface area contributed by atoms with Gasteiger partial charge in [0.25, 0.3) is 0 Å². The van der Waals surface area contributed by atoms with Crippen molar-refractivity contribution >= 4 is 11.8 Å². The predicted octanol–water partition coefficient (Wildman–Crippen LogP) is 1.11. The summed E-state index contributed by atoms with van der Waals surface area (Å²) in [5, 5.41) is 3.74. The number of aromatic nitrogens is 2. The highest BCUT2D eigenvalue weighted by Gasteiger charge is 2.37. The van der Waals surface area contributed by atoms with Crippen LogP contribution >= 0.6 is 0 Å². The molecule has 0 spiro atoms. The first-order valence-electron chi connectivity index (χ1n) is 8.11. The number of nitrogens with zero attached hydrogens (tertiary/aromatic N) is 4. The number of hydrogen-bond acceptors (Lipinski definition) is 6. The molecule has 1 aromatic heterocycles. The molecule has 1 aliphatic heterocycles. The second kappa shape index (κ2) is 7.61. The second-order valence-corrected chi connectivity index (χ2v) is 6.06. The number of benzene rings is 1. The Labute approximate surface area is 149 Å². The lowest BCUT2D eigenvalue weighted by molar-refractivity contribution is -0.156. The monoisotopic (exact) mass is 362 g/mol. The average molecular weight is 362 g/mol. The number of rotatable bonds is 6. The maximum absolute atomic E-state index is 13.3. The maximum Gasteiger partial charge on any atom is 0.246 e. The van der Waals surface area contributed by atoms with Gasteiger partial charge in [-0.15, -0.1) is 0 Å². The fraction of sp³-hybridized carbons (Fsp3) is 0.412. The van der Waals surface area contributed by atoms with Gasteiger partial charge in [-0.1, -0.05) is 17.3 Å². The van der Waals surface area contributed by atoms with Crippen LogP contribution < -0.4 is 0 Å². The van der Waals surface area contributed by atoms with Gasteiger partial charge in [-0.3, -0.25) is 9.59 Å². The molecule has 0 bridgehead atoms. The van der Waals surface area contributed by atoms with E-state index in [1.807, 2.05) is 0 Å². The van der Waals surface area contributed by atoms with E-state index in [2.05, 4.69) is 10.1 Å². The first-order valence-corrected chi connectivity index (χ1v) is 8.11. The van der Waals surface area contributed by atoms with E-state index >= 15 is 0 Å². The van der Waals surface area contributed by atoms with Gasteiger partial charge in [0.15, 0.2) is 5.82 Å². The van der Waals surface area contributed by atoms with Gasteiger partial charge < -0.3 is 19.1 Å². The van der Waals surface area contributed by atoms with Crippen LogP contribution in [0.15, 0.2) is 28.8 Å². The van der Waals surface area contributed by atoms with Crippen LogP contribution in [0, 0.1) is 5.82 Å². The van der Waals surface area contributed by atoms with E-state index in [-0.39, 0.29) is 49.8 Å². The minimum Gasteiger partial charge on any atom is -0.377 e. The van der Waals surface area contributed by atoms with Crippen molar-refractivity contribution in [2.24, 2.45) is 0 Å². The van der Waals surface area contributed by atoms with Gasteiger partial charge in [0.1, 0.15) is 31.6 Å². The summed E-state index contributed by atoms with van der Waals surface area (Å²) in [4.78, 5) is 32.1. The van der Waals surface area contributed by atoms with Crippen molar-refractivity contribution in [1.29, 1.82) is 0 Å². The van der Waals surface area contributed by atoms with Crippen LogP contribution in [0.3, 0.4) is 0 Å². The Morgan fingerprint density at radius 2 is 2.15 bits per heavy atom. The Balaban J connectivity index is 1.68. The Morgan fingerprint density at radius 1 is 1.35 bits per heavy atom. The van der Waals surface area contributed by atoms with Crippen LogP contribution in [0.1, 0.15) is 24.2 Å². The normalized spacial score (nSPS) is 17.9. The summed E-state index contributed by atoms with van der Waals surface area (Å²) in [6, 6.07) is 5.30. The summed E-state index contributed by atoms with van der Waals surface area (Å²) in [6.45, 7) is 1.99. The topological polar surface area (TPSA) is 88.8 Å². The van der Waals surface area contributed by atoms with Gasteiger partial charge in [0.2, 0.25) is 17.7 Å². The van der Waals surface area contributed by atoms with Crippen LogP contribution in [-0.4, -0.2) is 51.5 Å². The van der Waals surface area contributed by atoms with E-state index in [1.165, 1.54) is 29.0 Å². The fourth-order valence-electron chi connectivity index (χ4n) is 2.85. The number of piperazine rings is 1. The van der Waals surface area contributed by atoms with Gasteiger partial charge in [0, 0.05) is 13.7 Å². The van der Waals surface area contributed by atoms with Crippen molar-refractivity contribution < 1.29 is 23.2 Å². The number of halogens is 1. The molecule has 138 valence electrons. The first-order chi connectivity index (χ1) is 12.5. The molecule has 1 aromatic carbocycles. The highest BCUT2D eigenvalue weighted by atomic mass is 19.1. The minimum absolute atomic E-state index is 0.0518. The number of amides is 2. The van der Waals surface area contributed by atoms with Crippen LogP contribution in [0.25, 0.3) is 0 Å². The van der Waals surface area contributed by atoms with Crippen LogP contribution in [0.2, 0.25) is 0 Å². The number of hydrogen-bond donors (Lipinski definition) is 0. The van der Waals surface area contributed by atoms with E-state index < -0.39 is 6.04 Å². The molecule has 2 amide bonds. The van der Waals surface area contributed by atoms with E-state index in [4.69, 9.17) is 9.26 Å². The summed E-state index contributed by atoms with van der Waals surface area (Å²) in [7, 11) is 1.51. The molecule has 0 unspecified atom stereocenters. The number of methoxy groups -OCH3 is 1. The Bertz CT molecular complexity index is 810. The lowest BCUT2D eigenvalue weighted by atomic mass is 10.1. The fourth-order valence-corrected chi connectivity index (χ4v) is 2.85. The molecular formula is C17H19FN4O4. The number of carbonyl (C=O) groups is 2. The van der Waals surface area contributed by atoms with E-state index in [0.717, 1.165) is 0 Å². The summed E-state index contributed by atoms with van der Waals surface area (Å²) >= 11 is 0. The molecule has 9 heteroatoms. The van der Waals surface area contributed by atoms with Crippen LogP contribution in [0.4, 0.5) is 4.39 Å². The third-order valence-electron chi connectivity index (χ3n) is 4.13. The highest BCUT2D eigenvalue weighted by Crippen LogP contribution is 2.18. The summed E-state index contributed by atoms with van der Waals surface area (Å²) in [5.41, 5.74) is 0.632. The van der Waals surface area contributed by atoms with Gasteiger partial charge in [-0.25, -0.2) is 4.39 Å². The Kier molecular flexibility index (Phi) is 5.27. The number of ether oxygens (including phenoxy) is 1. The molecule has 3 rings (SSSR count). The van der Waals surface area contributed by atoms with Gasteiger partial charge in [-0.05, 0) is 24.6 Å². The SMILES string of the molecule is COCc1noc(CN2C(=O)CN(Cc3cccc(F)c3)C(=O)[C@@H]2C)n1. The van der Waals surface area contributed by atoms with Crippen LogP contribution in [-0.2, 0) is 34.0 Å². The maximum atomic E-state index is 13.3. The standard InChI is InChI=1S/C17H19FN4O4/c1-11-17(24)21(7-12-4-3-5-13(18)6-12)9-16(23)22(11)8-15-19-14(10-25-2)20-26-15/h3-6,11H,7-10H2,1-2H3/t11-/m0/s1. The lowest BCUT2D eigenvalue weighted by Crippen LogP contribution is -2.58. The first kappa shape index (κ1) is 18.0. The summed E-state index contributed by atoms with van der Waals surface area (Å²) in [6.07, 6.45) is 0. The van der Waals surface area contributed by atoms with Crippen molar-refractivity contribution in [3.05, 3.63) is 47.4 Å². The molecule has 0 N–H and O–H groups in total. The third-order valence-corrected chi connectivity index (χ3v) is 4.13. The molecule has 0 aliphatic carbocycles. The lowest BCUT2D eigenvalue weighted by Gasteiger charge is -2.38. The molecule has 1 aliphatic rings. The predicted molar refractivity (Wildman–Crippen MR) is 86.8 cm³/mol. The molecular weight excluding hydrogens is 343 g/mol. The van der Waals surface area contributed by atoms with Crippen molar-refractivity contribution in [2.45, 2.75) is 32.7 Å². The van der Waals surface area contributed by atoms with Crippen molar-refractivity contribution in [1.82, 2.24) is 19.9 Å². The summed E-state index contributed by atoms with van der Waals surface area (Å²) < 4.78 is 23.3. The Hall–Kier alpha value is -2.81. The highest BCUT2D eigenvalue weighted by molar-refractivity contribution is 5.94. The van der Waals surface area contributed by atoms with Gasteiger partial charge >= 0.3 is 0 Å². The van der Waals surface area contributed by atoms with Gasteiger partial charge in [-0.2, -0.15) is 4.98 Å². The minimum atomic E-state index is -0.678. The smallest absolute Gasteiger partial charge is 0.246 e.